The van der Waals surface area contributed by atoms with Gasteiger partial charge in [-0.15, -0.1) is 36.2 Å². The van der Waals surface area contributed by atoms with Crippen LogP contribution in [0.1, 0.15) is 37.4 Å². The average molecular weight is 328 g/mol. The Hall–Kier alpha value is -0.360. The normalized spacial score (nSPS) is 11.1. The Morgan fingerprint density at radius 3 is 2.74 bits per heavy atom. The maximum atomic E-state index is 11.4. The van der Waals surface area contributed by atoms with Gasteiger partial charge in [0.1, 0.15) is 0 Å². The smallest absolute Gasteiger partial charge is 0.220 e. The van der Waals surface area contributed by atoms with E-state index >= 15 is 0 Å². The molecule has 0 aliphatic carbocycles. The molecule has 0 spiro atoms. The van der Waals surface area contributed by atoms with Crippen LogP contribution in [0.15, 0.2) is 5.38 Å². The summed E-state index contributed by atoms with van der Waals surface area (Å²) >= 11 is 1.68. The quantitative estimate of drug-likeness (QED) is 0.807. The summed E-state index contributed by atoms with van der Waals surface area (Å²) in [5, 5.41) is 6.10. The van der Waals surface area contributed by atoms with Gasteiger partial charge in [-0.05, 0) is 19.8 Å². The number of carbonyl (C=O) groups is 1. The van der Waals surface area contributed by atoms with E-state index < -0.39 is 0 Å². The predicted octanol–water partition coefficient (Wildman–Crippen LogP) is 2.34. The number of aryl methyl sites for hydroxylation is 1. The van der Waals surface area contributed by atoms with Crippen LogP contribution in [-0.2, 0) is 17.6 Å². The van der Waals surface area contributed by atoms with Gasteiger partial charge in [-0.2, -0.15) is 0 Å². The fraction of sp³-hybridized carbons (Fsp3) is 0.667. The number of hydrogen-bond donors (Lipinski definition) is 2. The van der Waals surface area contributed by atoms with Gasteiger partial charge in [-0.3, -0.25) is 4.79 Å². The molecule has 0 bridgehead atoms. The van der Waals surface area contributed by atoms with E-state index in [4.69, 9.17) is 5.73 Å². The van der Waals surface area contributed by atoms with Crippen LogP contribution in [0.5, 0.6) is 0 Å². The first-order valence-corrected chi connectivity index (χ1v) is 6.95. The van der Waals surface area contributed by atoms with Crippen LogP contribution in [0.25, 0.3) is 0 Å². The lowest BCUT2D eigenvalue weighted by atomic mass is 10.2. The second kappa shape index (κ2) is 11.5. The maximum Gasteiger partial charge on any atom is 0.220 e. The summed E-state index contributed by atoms with van der Waals surface area (Å²) in [6, 6.07) is 0.0893. The fourth-order valence-electron chi connectivity index (χ4n) is 1.40. The highest BCUT2D eigenvalue weighted by atomic mass is 35.5. The van der Waals surface area contributed by atoms with Crippen molar-refractivity contribution in [2.45, 2.75) is 45.6 Å². The highest BCUT2D eigenvalue weighted by Crippen LogP contribution is 2.10. The number of rotatable bonds is 7. The SMILES string of the molecule is CCc1nc(CCNC(=O)CCC(C)N)cs1.Cl.Cl. The maximum absolute atomic E-state index is 11.4. The van der Waals surface area contributed by atoms with Gasteiger partial charge in [-0.1, -0.05) is 6.92 Å². The molecule has 1 unspecified atom stereocenters. The third kappa shape index (κ3) is 9.21. The number of hydrogen-bond acceptors (Lipinski definition) is 4. The minimum absolute atomic E-state index is 0. The van der Waals surface area contributed by atoms with Crippen LogP contribution in [0.3, 0.4) is 0 Å². The molecule has 0 aliphatic heterocycles. The van der Waals surface area contributed by atoms with Gasteiger partial charge >= 0.3 is 0 Å². The van der Waals surface area contributed by atoms with Crippen molar-refractivity contribution in [3.63, 3.8) is 0 Å². The number of carbonyl (C=O) groups excluding carboxylic acids is 1. The molecule has 1 amide bonds. The van der Waals surface area contributed by atoms with Gasteiger partial charge in [0, 0.05) is 30.8 Å². The van der Waals surface area contributed by atoms with Gasteiger partial charge < -0.3 is 11.1 Å². The number of nitrogens with two attached hydrogens (primary N) is 1. The van der Waals surface area contributed by atoms with E-state index in [-0.39, 0.29) is 36.8 Å². The zero-order valence-electron chi connectivity index (χ0n) is 11.3. The fourth-order valence-corrected chi connectivity index (χ4v) is 2.18. The van der Waals surface area contributed by atoms with Crippen molar-refractivity contribution in [1.82, 2.24) is 10.3 Å². The summed E-state index contributed by atoms with van der Waals surface area (Å²) in [7, 11) is 0. The molecule has 7 heteroatoms. The molecule has 0 radical (unpaired) electrons. The standard InChI is InChI=1S/C12H21N3OS.2ClH/c1-3-12-15-10(8-17-12)6-7-14-11(16)5-4-9(2)13;;/h8-9H,3-7,13H2,1-2H3,(H,14,16);2*1H. The van der Waals surface area contributed by atoms with E-state index in [9.17, 15) is 4.79 Å². The molecular weight excluding hydrogens is 305 g/mol. The monoisotopic (exact) mass is 327 g/mol. The summed E-state index contributed by atoms with van der Waals surface area (Å²) in [6.45, 7) is 4.66. The van der Waals surface area contributed by atoms with Gasteiger partial charge in [-0.25, -0.2) is 4.98 Å². The number of aromatic nitrogens is 1. The molecule has 3 N–H and O–H groups in total. The van der Waals surface area contributed by atoms with Crippen molar-refractivity contribution in [2.24, 2.45) is 5.73 Å². The zero-order valence-corrected chi connectivity index (χ0v) is 13.8. The van der Waals surface area contributed by atoms with E-state index in [1.807, 2.05) is 6.92 Å². The molecule has 0 aliphatic rings. The number of thiazole rings is 1. The summed E-state index contributed by atoms with van der Waals surface area (Å²) in [5.74, 6) is 0.0771. The third-order valence-electron chi connectivity index (χ3n) is 2.43. The Balaban J connectivity index is 0. The molecule has 0 saturated heterocycles. The molecular formula is C12H23Cl2N3OS. The molecule has 1 aromatic rings. The molecule has 0 fully saturated rings. The summed E-state index contributed by atoms with van der Waals surface area (Å²) in [4.78, 5) is 15.9. The number of halogens is 2. The Morgan fingerprint density at radius 1 is 1.53 bits per heavy atom. The summed E-state index contributed by atoms with van der Waals surface area (Å²) in [6.07, 6.45) is 3.03. The van der Waals surface area contributed by atoms with Crippen LogP contribution in [-0.4, -0.2) is 23.5 Å². The van der Waals surface area contributed by atoms with Crippen molar-refractivity contribution in [1.29, 1.82) is 0 Å². The Morgan fingerprint density at radius 2 is 2.21 bits per heavy atom. The predicted molar refractivity (Wildman–Crippen MR) is 85.6 cm³/mol. The number of amides is 1. The van der Waals surface area contributed by atoms with Crippen LogP contribution < -0.4 is 11.1 Å². The Kier molecular flexibility index (Phi) is 12.6. The summed E-state index contributed by atoms with van der Waals surface area (Å²) < 4.78 is 0. The molecule has 1 atom stereocenters. The molecule has 1 rings (SSSR count). The van der Waals surface area contributed by atoms with Crippen LogP contribution >= 0.6 is 36.2 Å². The molecule has 1 heterocycles. The molecule has 0 saturated carbocycles. The van der Waals surface area contributed by atoms with Crippen LogP contribution in [0.2, 0.25) is 0 Å². The summed E-state index contributed by atoms with van der Waals surface area (Å²) in [5.41, 5.74) is 6.66. The lowest BCUT2D eigenvalue weighted by Crippen LogP contribution is -2.27. The first-order chi connectivity index (χ1) is 8.11. The van der Waals surface area contributed by atoms with Crippen molar-refractivity contribution in [3.8, 4) is 0 Å². The lowest BCUT2D eigenvalue weighted by Gasteiger charge is -2.05. The van der Waals surface area contributed by atoms with Crippen molar-refractivity contribution < 1.29 is 4.79 Å². The van der Waals surface area contributed by atoms with Gasteiger partial charge in [0.25, 0.3) is 0 Å². The number of nitrogens with one attached hydrogen (secondary N) is 1. The Labute approximate surface area is 131 Å². The average Bonchev–Trinajstić information content (AvgIpc) is 2.74. The largest absolute Gasteiger partial charge is 0.356 e. The van der Waals surface area contributed by atoms with Crippen molar-refractivity contribution in [2.75, 3.05) is 6.54 Å². The minimum Gasteiger partial charge on any atom is -0.356 e. The van der Waals surface area contributed by atoms with E-state index in [1.54, 1.807) is 11.3 Å². The van der Waals surface area contributed by atoms with Crippen LogP contribution in [0, 0.1) is 0 Å². The van der Waals surface area contributed by atoms with E-state index in [0.29, 0.717) is 13.0 Å². The topological polar surface area (TPSA) is 68.0 Å². The highest BCUT2D eigenvalue weighted by molar-refractivity contribution is 7.09. The number of nitrogens with zero attached hydrogens (tertiary/aromatic N) is 1. The van der Waals surface area contributed by atoms with E-state index in [1.165, 1.54) is 0 Å². The molecule has 4 nitrogen and oxygen atoms in total. The lowest BCUT2D eigenvalue weighted by molar-refractivity contribution is -0.121. The van der Waals surface area contributed by atoms with Gasteiger partial charge in [0.2, 0.25) is 5.91 Å². The van der Waals surface area contributed by atoms with Gasteiger partial charge in [0.15, 0.2) is 0 Å². The molecule has 112 valence electrons. The molecule has 0 aromatic carbocycles. The second-order valence-corrected chi connectivity index (χ2v) is 5.14. The van der Waals surface area contributed by atoms with E-state index in [2.05, 4.69) is 22.6 Å². The van der Waals surface area contributed by atoms with Gasteiger partial charge in [0.05, 0.1) is 10.7 Å². The van der Waals surface area contributed by atoms with Crippen molar-refractivity contribution in [3.05, 3.63) is 16.1 Å². The molecule has 1 aromatic heterocycles. The zero-order chi connectivity index (χ0) is 12.7. The second-order valence-electron chi connectivity index (χ2n) is 4.20. The van der Waals surface area contributed by atoms with E-state index in [0.717, 1.165) is 30.0 Å². The van der Waals surface area contributed by atoms with Crippen molar-refractivity contribution >= 4 is 42.1 Å². The molecule has 19 heavy (non-hydrogen) atoms. The first kappa shape index (κ1) is 20.9. The Bertz CT molecular complexity index is 358. The van der Waals surface area contributed by atoms with Crippen LogP contribution in [0.4, 0.5) is 0 Å². The highest BCUT2D eigenvalue weighted by Gasteiger charge is 2.04. The third-order valence-corrected chi connectivity index (χ3v) is 3.47. The first-order valence-electron chi connectivity index (χ1n) is 6.07. The minimum atomic E-state index is 0.